The van der Waals surface area contributed by atoms with Crippen LogP contribution in [0.1, 0.15) is 53.5 Å². The topological polar surface area (TPSA) is 84.5 Å². The van der Waals surface area contributed by atoms with E-state index in [0.717, 1.165) is 78.0 Å². The van der Waals surface area contributed by atoms with Gasteiger partial charge in [-0.15, -0.1) is 0 Å². The summed E-state index contributed by atoms with van der Waals surface area (Å²) in [6, 6.07) is 18.3. The predicted molar refractivity (Wildman–Crippen MR) is 164 cm³/mol. The van der Waals surface area contributed by atoms with Gasteiger partial charge in [0.2, 0.25) is 0 Å². The minimum absolute atomic E-state index is 0.0632. The van der Waals surface area contributed by atoms with Crippen molar-refractivity contribution in [2.45, 2.75) is 62.4 Å². The number of sulfone groups is 1. The number of Topliss-reactive ketones (excluding diaryl/α,β-unsaturated/α-hetero) is 1. The Labute approximate surface area is 248 Å². The van der Waals surface area contributed by atoms with E-state index in [0.29, 0.717) is 24.3 Å². The largest absolute Gasteiger partial charge is 0.496 e. The summed E-state index contributed by atoms with van der Waals surface area (Å²) in [5.41, 5.74) is 7.08. The summed E-state index contributed by atoms with van der Waals surface area (Å²) in [6.45, 7) is 1.60. The molecule has 3 aromatic carbocycles. The third-order valence-corrected chi connectivity index (χ3v) is 9.45. The second-order valence-electron chi connectivity index (χ2n) is 10.9. The first-order chi connectivity index (χ1) is 19.7. The fourth-order valence-electron chi connectivity index (χ4n) is 5.64. The van der Waals surface area contributed by atoms with E-state index >= 15 is 0 Å². The average molecular weight is 593 g/mol. The Morgan fingerprint density at radius 2 is 1.80 bits per heavy atom. The molecule has 216 valence electrons. The molecular formula is C33H37ClN2O4S. The molecule has 0 spiro atoms. The van der Waals surface area contributed by atoms with Crippen molar-refractivity contribution in [1.29, 1.82) is 0 Å². The molecule has 1 heterocycles. The summed E-state index contributed by atoms with van der Waals surface area (Å²) in [6.07, 6.45) is 6.31. The number of halogens is 1. The summed E-state index contributed by atoms with van der Waals surface area (Å²) < 4.78 is 30.5. The van der Waals surface area contributed by atoms with E-state index in [-0.39, 0.29) is 10.7 Å². The van der Waals surface area contributed by atoms with Gasteiger partial charge in [-0.1, -0.05) is 54.1 Å². The van der Waals surface area contributed by atoms with Crippen LogP contribution in [0.25, 0.3) is 5.70 Å². The lowest BCUT2D eigenvalue weighted by Crippen LogP contribution is -2.39. The van der Waals surface area contributed by atoms with Gasteiger partial charge in [-0.25, -0.2) is 8.42 Å². The van der Waals surface area contributed by atoms with Gasteiger partial charge in [-0.05, 0) is 85.5 Å². The first-order valence-electron chi connectivity index (χ1n) is 14.2. The number of rotatable bonds is 11. The quantitative estimate of drug-likeness (QED) is 0.297. The van der Waals surface area contributed by atoms with E-state index in [1.165, 1.54) is 11.8 Å². The smallest absolute Gasteiger partial charge is 0.175 e. The van der Waals surface area contributed by atoms with Crippen molar-refractivity contribution in [1.82, 2.24) is 10.6 Å². The first-order valence-corrected chi connectivity index (χ1v) is 16.4. The Balaban J connectivity index is 1.52. The van der Waals surface area contributed by atoms with E-state index in [4.69, 9.17) is 16.3 Å². The van der Waals surface area contributed by atoms with Crippen molar-refractivity contribution >= 4 is 32.9 Å². The highest BCUT2D eigenvalue weighted by molar-refractivity contribution is 7.90. The molecule has 2 N–H and O–H groups in total. The van der Waals surface area contributed by atoms with Crippen LogP contribution in [0, 0.1) is 0 Å². The van der Waals surface area contributed by atoms with Crippen LogP contribution in [0.2, 0.25) is 5.02 Å². The molecule has 41 heavy (non-hydrogen) atoms. The van der Waals surface area contributed by atoms with Gasteiger partial charge in [-0.3, -0.25) is 4.79 Å². The number of carbonyl (C=O) groups is 1. The Bertz CT molecular complexity index is 1560. The third kappa shape index (κ3) is 6.85. The van der Waals surface area contributed by atoms with Crippen molar-refractivity contribution in [2.24, 2.45) is 0 Å². The fraction of sp³-hybridized carbons (Fsp3) is 0.364. The number of hydrogen-bond acceptors (Lipinski definition) is 6. The van der Waals surface area contributed by atoms with Gasteiger partial charge in [-0.2, -0.15) is 0 Å². The SMILES string of the molecule is COc1c2c(cc(Cl)c1C(NC(Cc1cccc(S(C)(=O)=O)c1)C(=O)CCc1ccccc1)=C1CCC1)CNCC2. The van der Waals surface area contributed by atoms with Crippen molar-refractivity contribution in [3.05, 3.63) is 99.1 Å². The molecule has 1 aliphatic heterocycles. The van der Waals surface area contributed by atoms with Crippen molar-refractivity contribution in [2.75, 3.05) is 19.9 Å². The number of ether oxygens (including phenoxy) is 1. The van der Waals surface area contributed by atoms with Crippen molar-refractivity contribution in [3.63, 3.8) is 0 Å². The Morgan fingerprint density at radius 1 is 1.05 bits per heavy atom. The second-order valence-corrected chi connectivity index (χ2v) is 13.4. The molecule has 0 aromatic heterocycles. The molecule has 0 bridgehead atoms. The van der Waals surface area contributed by atoms with Crippen LogP contribution in [0.15, 0.2) is 71.1 Å². The van der Waals surface area contributed by atoms with Crippen LogP contribution >= 0.6 is 11.6 Å². The van der Waals surface area contributed by atoms with E-state index in [2.05, 4.69) is 10.6 Å². The number of carbonyl (C=O) groups excluding carboxylic acids is 1. The van der Waals surface area contributed by atoms with Crippen LogP contribution < -0.4 is 15.4 Å². The number of fused-ring (bicyclic) bond motifs is 1. The maximum absolute atomic E-state index is 13.9. The Morgan fingerprint density at radius 3 is 2.49 bits per heavy atom. The second kappa shape index (κ2) is 12.8. The van der Waals surface area contributed by atoms with E-state index in [1.54, 1.807) is 25.3 Å². The number of hydrogen-bond donors (Lipinski definition) is 2. The van der Waals surface area contributed by atoms with Gasteiger partial charge in [0.1, 0.15) is 5.75 Å². The van der Waals surface area contributed by atoms with Crippen LogP contribution in [0.3, 0.4) is 0 Å². The number of methoxy groups -OCH3 is 1. The summed E-state index contributed by atoms with van der Waals surface area (Å²) in [4.78, 5) is 14.1. The highest BCUT2D eigenvalue weighted by Crippen LogP contribution is 2.43. The Kier molecular flexibility index (Phi) is 9.17. The number of aryl methyl sites for hydroxylation is 1. The summed E-state index contributed by atoms with van der Waals surface area (Å²) in [5, 5.41) is 7.64. The molecule has 2 aliphatic rings. The highest BCUT2D eigenvalue weighted by atomic mass is 35.5. The number of allylic oxidation sites excluding steroid dienone is 1. The number of ketones is 1. The van der Waals surface area contributed by atoms with Gasteiger partial charge in [0.05, 0.1) is 28.6 Å². The lowest BCUT2D eigenvalue weighted by atomic mass is 9.85. The number of benzene rings is 3. The van der Waals surface area contributed by atoms with Crippen LogP contribution in [0.4, 0.5) is 0 Å². The van der Waals surface area contributed by atoms with Gasteiger partial charge in [0.25, 0.3) is 0 Å². The lowest BCUT2D eigenvalue weighted by molar-refractivity contribution is -0.120. The maximum atomic E-state index is 13.9. The summed E-state index contributed by atoms with van der Waals surface area (Å²) in [7, 11) is -1.70. The molecule has 3 aromatic rings. The van der Waals surface area contributed by atoms with E-state index < -0.39 is 15.9 Å². The maximum Gasteiger partial charge on any atom is 0.175 e. The monoisotopic (exact) mass is 592 g/mol. The lowest BCUT2D eigenvalue weighted by Gasteiger charge is -2.31. The van der Waals surface area contributed by atoms with E-state index in [9.17, 15) is 13.2 Å². The van der Waals surface area contributed by atoms with E-state index in [1.807, 2.05) is 42.5 Å². The van der Waals surface area contributed by atoms with Crippen LogP contribution in [0.5, 0.6) is 5.75 Å². The summed E-state index contributed by atoms with van der Waals surface area (Å²) in [5.74, 6) is 0.832. The normalized spacial score (nSPS) is 15.4. The molecule has 5 rings (SSSR count). The van der Waals surface area contributed by atoms with Gasteiger partial charge >= 0.3 is 0 Å². The molecule has 1 unspecified atom stereocenters. The van der Waals surface area contributed by atoms with Crippen molar-refractivity contribution in [3.8, 4) is 5.75 Å². The highest BCUT2D eigenvalue weighted by Gasteiger charge is 2.29. The zero-order chi connectivity index (χ0) is 29.0. The molecule has 8 heteroatoms. The van der Waals surface area contributed by atoms with Gasteiger partial charge in [0, 0.05) is 30.5 Å². The third-order valence-electron chi connectivity index (χ3n) is 8.04. The first kappa shape index (κ1) is 29.4. The Hall–Kier alpha value is -3.13. The minimum Gasteiger partial charge on any atom is -0.496 e. The fourth-order valence-corrected chi connectivity index (χ4v) is 6.65. The molecule has 0 amide bonds. The zero-order valence-corrected chi connectivity index (χ0v) is 25.2. The predicted octanol–water partition coefficient (Wildman–Crippen LogP) is 5.70. The summed E-state index contributed by atoms with van der Waals surface area (Å²) >= 11 is 6.97. The van der Waals surface area contributed by atoms with Gasteiger partial charge < -0.3 is 15.4 Å². The zero-order valence-electron chi connectivity index (χ0n) is 23.6. The molecule has 0 saturated heterocycles. The standard InChI is InChI=1S/C33H37ClN2O4S/c1-40-33-27-16-17-35-21-25(27)20-28(34)31(33)32(24-11-7-12-24)36-29(30(37)15-14-22-8-4-3-5-9-22)19-23-10-6-13-26(18-23)41(2,38)39/h3-6,8-10,13,18,20,29,35-36H,7,11-12,14-17,19,21H2,1-2H3. The molecule has 1 saturated carbocycles. The molecule has 1 fully saturated rings. The molecule has 1 aliphatic carbocycles. The number of nitrogens with one attached hydrogen (secondary N) is 2. The molecule has 0 radical (unpaired) electrons. The molecule has 6 nitrogen and oxygen atoms in total. The molecule has 1 atom stereocenters. The molecular weight excluding hydrogens is 556 g/mol. The average Bonchev–Trinajstić information content (AvgIpc) is 2.93. The van der Waals surface area contributed by atoms with Crippen LogP contribution in [-0.4, -0.2) is 40.2 Å². The van der Waals surface area contributed by atoms with Gasteiger partial charge in [0.15, 0.2) is 15.6 Å². The van der Waals surface area contributed by atoms with Crippen molar-refractivity contribution < 1.29 is 17.9 Å². The minimum atomic E-state index is -3.38. The van der Waals surface area contributed by atoms with Crippen LogP contribution in [-0.2, 0) is 40.4 Å².